The number of aryl methyl sites for hydroxylation is 2. The Hall–Kier alpha value is -2.70. The van der Waals surface area contributed by atoms with Gasteiger partial charge in [-0.3, -0.25) is 14.8 Å². The summed E-state index contributed by atoms with van der Waals surface area (Å²) in [5.41, 5.74) is 4.96. The molecule has 1 unspecified atom stereocenters. The minimum absolute atomic E-state index is 0.124. The Balaban J connectivity index is 1.66. The predicted molar refractivity (Wildman–Crippen MR) is 116 cm³/mol. The van der Waals surface area contributed by atoms with Crippen LogP contribution in [0.3, 0.4) is 0 Å². The third kappa shape index (κ3) is 3.78. The van der Waals surface area contributed by atoms with Gasteiger partial charge in [0.05, 0.1) is 17.8 Å². The number of pyridine rings is 1. The summed E-state index contributed by atoms with van der Waals surface area (Å²) < 4.78 is 2.10. The summed E-state index contributed by atoms with van der Waals surface area (Å²) >= 11 is 0. The first-order chi connectivity index (χ1) is 14.0. The fourth-order valence-corrected chi connectivity index (χ4v) is 4.39. The molecule has 152 valence electrons. The van der Waals surface area contributed by atoms with Crippen molar-refractivity contribution >= 4 is 17.0 Å². The van der Waals surface area contributed by atoms with Crippen molar-refractivity contribution < 1.29 is 5.11 Å². The molecule has 1 aliphatic carbocycles. The molecule has 1 fully saturated rings. The van der Waals surface area contributed by atoms with Gasteiger partial charge in [0.15, 0.2) is 0 Å². The molecular formula is C23H28N4O2. The highest BCUT2D eigenvalue weighted by Gasteiger charge is 2.22. The van der Waals surface area contributed by atoms with Crippen molar-refractivity contribution in [2.75, 3.05) is 0 Å². The van der Waals surface area contributed by atoms with Gasteiger partial charge in [-0.25, -0.2) is 0 Å². The number of rotatable bonds is 6. The van der Waals surface area contributed by atoms with Gasteiger partial charge < -0.3 is 10.1 Å². The maximum Gasteiger partial charge on any atom is 0.252 e. The number of aliphatic hydroxyl groups is 1. The molecule has 2 heterocycles. The van der Waals surface area contributed by atoms with Crippen molar-refractivity contribution in [3.8, 4) is 0 Å². The summed E-state index contributed by atoms with van der Waals surface area (Å²) in [6.07, 6.45) is 7.45. The highest BCUT2D eigenvalue weighted by atomic mass is 16.3. The van der Waals surface area contributed by atoms with Crippen molar-refractivity contribution in [1.29, 1.82) is 0 Å². The molecule has 0 saturated heterocycles. The smallest absolute Gasteiger partial charge is 0.252 e. The molecule has 3 N–H and O–H groups in total. The fraction of sp³-hybridized carbons (Fsp3) is 0.391. The van der Waals surface area contributed by atoms with Gasteiger partial charge in [-0.1, -0.05) is 25.5 Å². The number of nitrogens with one attached hydrogen (secondary N) is 2. The summed E-state index contributed by atoms with van der Waals surface area (Å²) in [5, 5.41) is 19.6. The number of aromatic nitrogens is 3. The molecule has 6 nitrogen and oxygen atoms in total. The maximum atomic E-state index is 12.3. The lowest BCUT2D eigenvalue weighted by Crippen LogP contribution is -2.26. The van der Waals surface area contributed by atoms with Crippen LogP contribution in [-0.4, -0.2) is 19.9 Å². The van der Waals surface area contributed by atoms with Gasteiger partial charge in [0.25, 0.3) is 5.56 Å². The first-order valence-corrected chi connectivity index (χ1v) is 10.2. The van der Waals surface area contributed by atoms with Gasteiger partial charge in [0, 0.05) is 28.8 Å². The average Bonchev–Trinajstić information content (AvgIpc) is 3.35. The van der Waals surface area contributed by atoms with Crippen LogP contribution in [0.15, 0.2) is 35.8 Å². The van der Waals surface area contributed by atoms with E-state index in [0.29, 0.717) is 11.6 Å². The molecular weight excluding hydrogens is 364 g/mol. The molecule has 0 bridgehead atoms. The molecule has 2 aromatic heterocycles. The van der Waals surface area contributed by atoms with E-state index in [9.17, 15) is 9.90 Å². The van der Waals surface area contributed by atoms with Crippen molar-refractivity contribution in [2.24, 2.45) is 0 Å². The Kier molecular flexibility index (Phi) is 5.39. The molecule has 0 radical (unpaired) electrons. The fourth-order valence-electron chi connectivity index (χ4n) is 4.39. The van der Waals surface area contributed by atoms with Crippen LogP contribution in [0.25, 0.3) is 17.0 Å². The summed E-state index contributed by atoms with van der Waals surface area (Å²) in [7, 11) is 0. The highest BCUT2D eigenvalue weighted by molar-refractivity contribution is 5.85. The lowest BCUT2D eigenvalue weighted by molar-refractivity contribution is 0.138. The number of fused-ring (bicyclic) bond motifs is 1. The zero-order valence-corrected chi connectivity index (χ0v) is 17.0. The number of H-pyrrole nitrogens is 1. The molecule has 3 aromatic rings. The van der Waals surface area contributed by atoms with Gasteiger partial charge in [0.2, 0.25) is 0 Å². The standard InChI is InChI=1S/C23H28N4O2/c1-4-16-10-18(20-13-25-27(21(20)11-16)17-7-5-6-8-17)22(28)24-12-19-14(2)9-15(3)26-23(19)29/h4,9-11,13,17,22,24,28H,1,5-8,12H2,2-3H3,(H,26,29). The van der Waals surface area contributed by atoms with Gasteiger partial charge in [0.1, 0.15) is 6.23 Å². The Labute approximate surface area is 170 Å². The first kappa shape index (κ1) is 19.6. The van der Waals surface area contributed by atoms with Crippen LogP contribution in [0.5, 0.6) is 0 Å². The van der Waals surface area contributed by atoms with E-state index in [1.165, 1.54) is 12.8 Å². The lowest BCUT2D eigenvalue weighted by Gasteiger charge is -2.17. The molecule has 0 amide bonds. The van der Waals surface area contributed by atoms with Gasteiger partial charge in [-0.15, -0.1) is 0 Å². The number of hydrogen-bond acceptors (Lipinski definition) is 4. The number of nitrogens with zero attached hydrogens (tertiary/aromatic N) is 2. The second-order valence-corrected chi connectivity index (χ2v) is 8.00. The van der Waals surface area contributed by atoms with E-state index < -0.39 is 6.23 Å². The molecule has 1 aromatic carbocycles. The number of aromatic amines is 1. The number of hydrogen-bond donors (Lipinski definition) is 3. The Morgan fingerprint density at radius 2 is 2.10 bits per heavy atom. The van der Waals surface area contributed by atoms with Crippen LogP contribution in [0, 0.1) is 13.8 Å². The summed E-state index contributed by atoms with van der Waals surface area (Å²) in [6.45, 7) is 7.95. The van der Waals surface area contributed by atoms with Gasteiger partial charge in [-0.2, -0.15) is 5.10 Å². The molecule has 1 saturated carbocycles. The van der Waals surface area contributed by atoms with E-state index in [0.717, 1.165) is 46.1 Å². The average molecular weight is 393 g/mol. The quantitative estimate of drug-likeness (QED) is 0.556. The van der Waals surface area contributed by atoms with Crippen molar-refractivity contribution in [3.05, 3.63) is 69.3 Å². The van der Waals surface area contributed by atoms with E-state index in [4.69, 9.17) is 0 Å². The minimum atomic E-state index is -0.918. The summed E-state index contributed by atoms with van der Waals surface area (Å²) in [4.78, 5) is 15.1. The van der Waals surface area contributed by atoms with Gasteiger partial charge in [-0.05, 0) is 56.0 Å². The van der Waals surface area contributed by atoms with Crippen molar-refractivity contribution in [3.63, 3.8) is 0 Å². The summed E-state index contributed by atoms with van der Waals surface area (Å²) in [6, 6.07) is 6.37. The van der Waals surface area contributed by atoms with Crippen molar-refractivity contribution in [1.82, 2.24) is 20.1 Å². The van der Waals surface area contributed by atoms with E-state index in [2.05, 4.69) is 32.7 Å². The number of aliphatic hydroxyl groups excluding tert-OH is 1. The Morgan fingerprint density at radius 3 is 2.79 bits per heavy atom. The zero-order chi connectivity index (χ0) is 20.5. The van der Waals surface area contributed by atoms with Crippen LogP contribution in [0.2, 0.25) is 0 Å². The highest BCUT2D eigenvalue weighted by Crippen LogP contribution is 2.34. The molecule has 1 aliphatic rings. The van der Waals surface area contributed by atoms with Gasteiger partial charge >= 0.3 is 0 Å². The molecule has 4 rings (SSSR count). The summed E-state index contributed by atoms with van der Waals surface area (Å²) in [5.74, 6) is 0. The van der Waals surface area contributed by atoms with Crippen LogP contribution >= 0.6 is 0 Å². The zero-order valence-electron chi connectivity index (χ0n) is 17.0. The number of benzene rings is 1. The van der Waals surface area contributed by atoms with Crippen LogP contribution in [-0.2, 0) is 6.54 Å². The van der Waals surface area contributed by atoms with E-state index >= 15 is 0 Å². The molecule has 0 spiro atoms. The topological polar surface area (TPSA) is 82.9 Å². The van der Waals surface area contributed by atoms with Crippen LogP contribution in [0.1, 0.15) is 65.9 Å². The SMILES string of the molecule is C=Cc1cc(C(O)NCc2c(C)cc(C)[nH]c2=O)c2cnn(C3CCCC3)c2c1. The normalized spacial score (nSPS) is 15.8. The molecule has 29 heavy (non-hydrogen) atoms. The van der Waals surface area contributed by atoms with Crippen LogP contribution < -0.4 is 10.9 Å². The van der Waals surface area contributed by atoms with Crippen LogP contribution in [0.4, 0.5) is 0 Å². The molecule has 6 heteroatoms. The maximum absolute atomic E-state index is 12.3. The third-order valence-corrected chi connectivity index (χ3v) is 5.94. The second-order valence-electron chi connectivity index (χ2n) is 8.00. The van der Waals surface area contributed by atoms with E-state index in [-0.39, 0.29) is 12.1 Å². The largest absolute Gasteiger partial charge is 0.374 e. The Morgan fingerprint density at radius 1 is 1.34 bits per heavy atom. The third-order valence-electron chi connectivity index (χ3n) is 5.94. The lowest BCUT2D eigenvalue weighted by atomic mass is 10.0. The minimum Gasteiger partial charge on any atom is -0.374 e. The second kappa shape index (κ2) is 7.97. The van der Waals surface area contributed by atoms with Crippen molar-refractivity contribution in [2.45, 2.75) is 58.3 Å². The monoisotopic (exact) mass is 392 g/mol. The molecule has 1 atom stereocenters. The van der Waals surface area contributed by atoms with E-state index in [1.807, 2.05) is 32.2 Å². The first-order valence-electron chi connectivity index (χ1n) is 10.2. The molecule has 0 aliphatic heterocycles. The van der Waals surface area contributed by atoms with E-state index in [1.54, 1.807) is 6.08 Å². The Bertz CT molecular complexity index is 1110. The predicted octanol–water partition coefficient (Wildman–Crippen LogP) is 3.88.